The van der Waals surface area contributed by atoms with E-state index in [1.54, 1.807) is 12.1 Å². The largest absolute Gasteiger partial charge is 0.454 e. The number of carbonyl (C=O) groups is 1. The maximum absolute atomic E-state index is 12.8. The summed E-state index contributed by atoms with van der Waals surface area (Å²) < 4.78 is 10.7. The predicted octanol–water partition coefficient (Wildman–Crippen LogP) is 5.02. The third kappa shape index (κ3) is 4.63. The van der Waals surface area contributed by atoms with Crippen LogP contribution < -0.4 is 19.7 Å². The Hall–Kier alpha value is -3.18. The number of nitrogens with one attached hydrogen (secondary N) is 1. The second kappa shape index (κ2) is 8.45. The molecule has 0 aliphatic carbocycles. The third-order valence-electron chi connectivity index (χ3n) is 4.65. The van der Waals surface area contributed by atoms with Crippen molar-refractivity contribution in [2.45, 2.75) is 13.5 Å². The molecule has 4 rings (SSSR count). The van der Waals surface area contributed by atoms with Gasteiger partial charge in [-0.2, -0.15) is 0 Å². The Morgan fingerprint density at radius 2 is 1.79 bits per heavy atom. The lowest BCUT2D eigenvalue weighted by atomic mass is 10.1. The van der Waals surface area contributed by atoms with Gasteiger partial charge in [-0.25, -0.2) is 0 Å². The molecular formula is C23H21ClN2O3. The van der Waals surface area contributed by atoms with Crippen molar-refractivity contribution in [3.8, 4) is 11.5 Å². The van der Waals surface area contributed by atoms with E-state index in [9.17, 15) is 4.79 Å². The molecule has 0 bridgehead atoms. The van der Waals surface area contributed by atoms with Crippen molar-refractivity contribution in [1.29, 1.82) is 0 Å². The fourth-order valence-electron chi connectivity index (χ4n) is 3.24. The summed E-state index contributed by atoms with van der Waals surface area (Å²) in [7, 11) is 0. The van der Waals surface area contributed by atoms with Crippen LogP contribution in [0.25, 0.3) is 0 Å². The Morgan fingerprint density at radius 1 is 1.03 bits per heavy atom. The smallest absolute Gasteiger partial charge is 0.243 e. The molecule has 1 heterocycles. The molecule has 1 aliphatic rings. The predicted molar refractivity (Wildman–Crippen MR) is 115 cm³/mol. The van der Waals surface area contributed by atoms with E-state index in [0.29, 0.717) is 28.8 Å². The quantitative estimate of drug-likeness (QED) is 0.622. The molecule has 5 nitrogen and oxygen atoms in total. The first-order valence-electron chi connectivity index (χ1n) is 9.33. The summed E-state index contributed by atoms with van der Waals surface area (Å²) >= 11 is 6.29. The molecule has 0 unspecified atom stereocenters. The van der Waals surface area contributed by atoms with Crippen LogP contribution in [0.4, 0.5) is 11.4 Å². The summed E-state index contributed by atoms with van der Waals surface area (Å²) in [6, 6.07) is 21.5. The Bertz CT molecular complexity index is 1020. The number of halogens is 1. The van der Waals surface area contributed by atoms with E-state index in [2.05, 4.69) is 23.5 Å². The van der Waals surface area contributed by atoms with Crippen LogP contribution in [-0.2, 0) is 11.3 Å². The summed E-state index contributed by atoms with van der Waals surface area (Å²) in [5.41, 5.74) is 3.76. The van der Waals surface area contributed by atoms with E-state index in [0.717, 1.165) is 16.8 Å². The topological polar surface area (TPSA) is 50.8 Å². The van der Waals surface area contributed by atoms with Crippen molar-refractivity contribution < 1.29 is 14.3 Å². The van der Waals surface area contributed by atoms with Crippen molar-refractivity contribution in [2.75, 3.05) is 23.6 Å². The van der Waals surface area contributed by atoms with Crippen LogP contribution in [0.15, 0.2) is 66.7 Å². The lowest BCUT2D eigenvalue weighted by molar-refractivity contribution is -0.115. The zero-order valence-corrected chi connectivity index (χ0v) is 16.8. The summed E-state index contributed by atoms with van der Waals surface area (Å²) in [6.07, 6.45) is 0. The molecule has 0 aromatic heterocycles. The van der Waals surface area contributed by atoms with Crippen molar-refractivity contribution in [2.24, 2.45) is 0 Å². The molecule has 3 aromatic carbocycles. The number of benzene rings is 3. The lowest BCUT2D eigenvalue weighted by Crippen LogP contribution is -2.33. The standard InChI is InChI=1S/C23H21ClN2O3/c1-16-6-5-9-18(10-16)26(13-17-7-3-2-4-8-17)14-23(27)25-20-12-22-21(11-19(20)24)28-15-29-22/h2-12H,13-15H2,1H3,(H,25,27). The Morgan fingerprint density at radius 3 is 2.55 bits per heavy atom. The normalized spacial score (nSPS) is 11.9. The highest BCUT2D eigenvalue weighted by Crippen LogP contribution is 2.39. The van der Waals surface area contributed by atoms with E-state index >= 15 is 0 Å². The number of carbonyl (C=O) groups excluding carboxylic acids is 1. The number of ether oxygens (including phenoxy) is 2. The van der Waals surface area contributed by atoms with Crippen LogP contribution in [-0.4, -0.2) is 19.2 Å². The first-order valence-corrected chi connectivity index (χ1v) is 9.71. The van der Waals surface area contributed by atoms with Gasteiger partial charge in [0.15, 0.2) is 11.5 Å². The van der Waals surface area contributed by atoms with Crippen LogP contribution in [0, 0.1) is 6.92 Å². The minimum atomic E-state index is -0.164. The van der Waals surface area contributed by atoms with E-state index in [4.69, 9.17) is 21.1 Å². The molecular weight excluding hydrogens is 388 g/mol. The van der Waals surface area contributed by atoms with Crippen LogP contribution in [0.5, 0.6) is 11.5 Å². The third-order valence-corrected chi connectivity index (χ3v) is 4.97. The van der Waals surface area contributed by atoms with E-state index in [1.807, 2.05) is 48.2 Å². The molecule has 29 heavy (non-hydrogen) atoms. The first-order chi connectivity index (χ1) is 14.1. The maximum Gasteiger partial charge on any atom is 0.243 e. The van der Waals surface area contributed by atoms with Gasteiger partial charge in [0.05, 0.1) is 17.3 Å². The zero-order chi connectivity index (χ0) is 20.2. The number of anilines is 2. The summed E-state index contributed by atoms with van der Waals surface area (Å²) in [5, 5.41) is 3.30. The molecule has 1 aliphatic heterocycles. The average molecular weight is 409 g/mol. The van der Waals surface area contributed by atoms with Gasteiger partial charge in [-0.05, 0) is 30.2 Å². The van der Waals surface area contributed by atoms with E-state index in [1.165, 1.54) is 0 Å². The molecule has 0 atom stereocenters. The fraction of sp³-hybridized carbons (Fsp3) is 0.174. The van der Waals surface area contributed by atoms with Gasteiger partial charge in [0.25, 0.3) is 0 Å². The first kappa shape index (κ1) is 19.2. The number of aryl methyl sites for hydroxylation is 1. The van der Waals surface area contributed by atoms with Gasteiger partial charge in [0.1, 0.15) is 0 Å². The van der Waals surface area contributed by atoms with Gasteiger partial charge in [-0.15, -0.1) is 0 Å². The molecule has 0 radical (unpaired) electrons. The molecule has 1 amide bonds. The number of amides is 1. The minimum Gasteiger partial charge on any atom is -0.454 e. The van der Waals surface area contributed by atoms with Gasteiger partial charge in [-0.3, -0.25) is 4.79 Å². The highest BCUT2D eigenvalue weighted by atomic mass is 35.5. The molecule has 1 N–H and O–H groups in total. The molecule has 0 saturated heterocycles. The number of fused-ring (bicyclic) bond motifs is 1. The number of rotatable bonds is 6. The lowest BCUT2D eigenvalue weighted by Gasteiger charge is -2.25. The summed E-state index contributed by atoms with van der Waals surface area (Å²) in [6.45, 7) is 2.99. The van der Waals surface area contributed by atoms with Crippen LogP contribution in [0.1, 0.15) is 11.1 Å². The van der Waals surface area contributed by atoms with Crippen molar-refractivity contribution in [1.82, 2.24) is 0 Å². The molecule has 0 spiro atoms. The van der Waals surface area contributed by atoms with Crippen LogP contribution in [0.3, 0.4) is 0 Å². The molecule has 148 valence electrons. The molecule has 6 heteroatoms. The molecule has 3 aromatic rings. The van der Waals surface area contributed by atoms with Gasteiger partial charge >= 0.3 is 0 Å². The van der Waals surface area contributed by atoms with Gasteiger partial charge < -0.3 is 19.7 Å². The second-order valence-corrected chi connectivity index (χ2v) is 7.32. The monoisotopic (exact) mass is 408 g/mol. The highest BCUT2D eigenvalue weighted by Gasteiger charge is 2.19. The van der Waals surface area contributed by atoms with Gasteiger partial charge in [-0.1, -0.05) is 54.1 Å². The second-order valence-electron chi connectivity index (χ2n) is 6.91. The maximum atomic E-state index is 12.8. The SMILES string of the molecule is Cc1cccc(N(CC(=O)Nc2cc3c(cc2Cl)OCO3)Cc2ccccc2)c1. The average Bonchev–Trinajstić information content (AvgIpc) is 3.15. The van der Waals surface area contributed by atoms with Gasteiger partial charge in [0.2, 0.25) is 12.7 Å². The number of hydrogen-bond donors (Lipinski definition) is 1. The van der Waals surface area contributed by atoms with E-state index in [-0.39, 0.29) is 19.2 Å². The number of nitrogens with zero attached hydrogens (tertiary/aromatic N) is 1. The minimum absolute atomic E-state index is 0.154. The van der Waals surface area contributed by atoms with E-state index < -0.39 is 0 Å². The molecule has 0 saturated carbocycles. The molecule has 0 fully saturated rings. The van der Waals surface area contributed by atoms with Crippen LogP contribution in [0.2, 0.25) is 5.02 Å². The highest BCUT2D eigenvalue weighted by molar-refractivity contribution is 6.34. The Labute approximate surface area is 174 Å². The Balaban J connectivity index is 1.53. The van der Waals surface area contributed by atoms with Gasteiger partial charge in [0, 0.05) is 24.4 Å². The Kier molecular flexibility index (Phi) is 5.58. The summed E-state index contributed by atoms with van der Waals surface area (Å²) in [5.74, 6) is 0.992. The van der Waals surface area contributed by atoms with Crippen molar-refractivity contribution >= 4 is 28.9 Å². The van der Waals surface area contributed by atoms with Crippen molar-refractivity contribution in [3.63, 3.8) is 0 Å². The fourth-order valence-corrected chi connectivity index (χ4v) is 3.44. The number of hydrogen-bond acceptors (Lipinski definition) is 4. The zero-order valence-electron chi connectivity index (χ0n) is 16.0. The van der Waals surface area contributed by atoms with Crippen molar-refractivity contribution in [3.05, 3.63) is 82.9 Å². The van der Waals surface area contributed by atoms with Crippen LogP contribution >= 0.6 is 11.6 Å². The summed E-state index contributed by atoms with van der Waals surface area (Å²) in [4.78, 5) is 14.9.